The molecule has 2 heterocycles. The molecule has 2 aromatic heterocycles. The van der Waals surface area contributed by atoms with Crippen LogP contribution in [0.4, 0.5) is 5.13 Å². The zero-order chi connectivity index (χ0) is 15.6. The molecule has 0 spiro atoms. The lowest BCUT2D eigenvalue weighted by Gasteiger charge is -1.90. The summed E-state index contributed by atoms with van der Waals surface area (Å²) in [6, 6.07) is 18.0. The zero-order valence-corrected chi connectivity index (χ0v) is 14.2. The molecule has 0 saturated carbocycles. The highest BCUT2D eigenvalue weighted by Gasteiger charge is 2.15. The molecule has 0 bridgehead atoms. The average Bonchev–Trinajstić information content (AvgIpc) is 3.19. The molecule has 0 aliphatic carbocycles. The van der Waals surface area contributed by atoms with Crippen LogP contribution in [0.25, 0.3) is 20.0 Å². The lowest BCUT2D eigenvalue weighted by Crippen LogP contribution is -1.77. The molecule has 0 atom stereocenters. The van der Waals surface area contributed by atoms with Gasteiger partial charge in [-0.25, -0.2) is 4.99 Å². The number of rotatable bonds is 3. The number of hydrogen-bond donors (Lipinski definition) is 0. The number of nitrogens with zero attached hydrogens (tertiary/aromatic N) is 3. The number of benzene rings is 2. The normalized spacial score (nSPS) is 11.5. The molecule has 4 aromatic rings. The minimum Gasteiger partial charge on any atom is -0.226 e. The maximum atomic E-state index is 6.48. The minimum absolute atomic E-state index is 0.623. The van der Waals surface area contributed by atoms with E-state index in [1.54, 1.807) is 17.6 Å². The van der Waals surface area contributed by atoms with Gasteiger partial charge in [-0.1, -0.05) is 71.5 Å². The van der Waals surface area contributed by atoms with Gasteiger partial charge in [0.05, 0.1) is 9.90 Å². The number of hydrogen-bond acceptors (Lipinski definition) is 5. The summed E-state index contributed by atoms with van der Waals surface area (Å²) in [4.78, 5) is 5.34. The average molecular weight is 356 g/mol. The topological polar surface area (TPSA) is 38.1 Å². The fourth-order valence-corrected chi connectivity index (χ4v) is 4.52. The van der Waals surface area contributed by atoms with Gasteiger partial charge in [0.25, 0.3) is 0 Å². The third kappa shape index (κ3) is 2.91. The van der Waals surface area contributed by atoms with Gasteiger partial charge in [0.1, 0.15) is 0 Å². The Bertz CT molecular complexity index is 989. The molecule has 0 fully saturated rings. The van der Waals surface area contributed by atoms with Gasteiger partial charge >= 0.3 is 0 Å². The van der Waals surface area contributed by atoms with Crippen LogP contribution >= 0.6 is 34.3 Å². The van der Waals surface area contributed by atoms with Crippen molar-refractivity contribution in [1.29, 1.82) is 0 Å². The smallest absolute Gasteiger partial charge is 0.226 e. The summed E-state index contributed by atoms with van der Waals surface area (Å²) in [5.41, 5.74) is 1.03. The van der Waals surface area contributed by atoms with E-state index in [0.717, 1.165) is 30.6 Å². The first-order valence-corrected chi connectivity index (χ1v) is 8.92. The van der Waals surface area contributed by atoms with Crippen LogP contribution in [-0.4, -0.2) is 16.4 Å². The Balaban J connectivity index is 1.67. The molecular formula is C17H10ClN3S2. The van der Waals surface area contributed by atoms with E-state index in [9.17, 15) is 0 Å². The Morgan fingerprint density at radius 1 is 0.913 bits per heavy atom. The van der Waals surface area contributed by atoms with Gasteiger partial charge in [0.2, 0.25) is 5.13 Å². The van der Waals surface area contributed by atoms with E-state index in [4.69, 9.17) is 11.6 Å². The largest absolute Gasteiger partial charge is 0.231 e. The quantitative estimate of drug-likeness (QED) is 0.434. The highest BCUT2D eigenvalue weighted by molar-refractivity contribution is 7.27. The predicted molar refractivity (Wildman–Crippen MR) is 99.4 cm³/mol. The summed E-state index contributed by atoms with van der Waals surface area (Å²) in [5.74, 6) is 0. The molecule has 0 aliphatic rings. The van der Waals surface area contributed by atoms with Crippen LogP contribution in [-0.2, 0) is 0 Å². The monoisotopic (exact) mass is 355 g/mol. The fraction of sp³-hybridized carbons (Fsp3) is 0. The molecule has 6 heteroatoms. The molecule has 0 N–H and O–H groups in total. The second-order valence-corrected chi connectivity index (χ2v) is 7.19. The molecule has 0 aliphatic heterocycles. The predicted octanol–water partition coefficient (Wildman–Crippen LogP) is 5.82. The molecule has 112 valence electrons. The van der Waals surface area contributed by atoms with Crippen molar-refractivity contribution in [2.75, 3.05) is 0 Å². The van der Waals surface area contributed by atoms with Crippen LogP contribution in [0.3, 0.4) is 0 Å². The third-order valence-electron chi connectivity index (χ3n) is 3.27. The van der Waals surface area contributed by atoms with Crippen LogP contribution in [0.1, 0.15) is 5.56 Å². The lowest BCUT2D eigenvalue weighted by atomic mass is 10.2. The van der Waals surface area contributed by atoms with Gasteiger partial charge in [-0.3, -0.25) is 0 Å². The number of halogens is 1. The summed E-state index contributed by atoms with van der Waals surface area (Å²) >= 11 is 9.55. The molecule has 0 radical (unpaired) electrons. The summed E-state index contributed by atoms with van der Waals surface area (Å²) in [5, 5.41) is 11.6. The fourth-order valence-electron chi connectivity index (χ4n) is 2.18. The van der Waals surface area contributed by atoms with Crippen molar-refractivity contribution < 1.29 is 0 Å². The highest BCUT2D eigenvalue weighted by Crippen LogP contribution is 2.43. The highest BCUT2D eigenvalue weighted by atomic mass is 35.5. The van der Waals surface area contributed by atoms with Crippen molar-refractivity contribution in [3.8, 4) is 9.88 Å². The SMILES string of the molecule is Clc1c(-c2nnc(N=Cc3ccccc3)s2)sc2ccccc12. The van der Waals surface area contributed by atoms with Crippen molar-refractivity contribution in [3.05, 3.63) is 65.2 Å². The number of fused-ring (bicyclic) bond motifs is 1. The standard InChI is InChI=1S/C17H10ClN3S2/c18-14-12-8-4-5-9-13(12)22-15(14)16-20-21-17(23-16)19-10-11-6-2-1-3-7-11/h1-10H. The summed E-state index contributed by atoms with van der Waals surface area (Å²) in [6.07, 6.45) is 1.79. The molecule has 0 amide bonds. The van der Waals surface area contributed by atoms with Gasteiger partial charge in [-0.05, 0) is 11.6 Å². The maximum Gasteiger partial charge on any atom is 0.231 e. The van der Waals surface area contributed by atoms with Crippen molar-refractivity contribution >= 4 is 55.7 Å². The van der Waals surface area contributed by atoms with Crippen molar-refractivity contribution in [2.24, 2.45) is 4.99 Å². The van der Waals surface area contributed by atoms with Crippen molar-refractivity contribution in [3.63, 3.8) is 0 Å². The number of thiophene rings is 1. The van der Waals surface area contributed by atoms with Crippen LogP contribution in [0.5, 0.6) is 0 Å². The van der Waals surface area contributed by atoms with E-state index in [2.05, 4.69) is 21.3 Å². The Morgan fingerprint density at radius 3 is 2.52 bits per heavy atom. The van der Waals surface area contributed by atoms with Crippen molar-refractivity contribution in [1.82, 2.24) is 10.2 Å². The van der Waals surface area contributed by atoms with Gasteiger partial charge in [-0.15, -0.1) is 21.5 Å². The molecule has 0 saturated heterocycles. The molecule has 23 heavy (non-hydrogen) atoms. The maximum absolute atomic E-state index is 6.48. The van der Waals surface area contributed by atoms with E-state index >= 15 is 0 Å². The summed E-state index contributed by atoms with van der Waals surface area (Å²) in [7, 11) is 0. The Morgan fingerprint density at radius 2 is 1.70 bits per heavy atom. The first kappa shape index (κ1) is 14.5. The van der Waals surface area contributed by atoms with Gasteiger partial charge < -0.3 is 0 Å². The summed E-state index contributed by atoms with van der Waals surface area (Å²) < 4.78 is 1.15. The third-order valence-corrected chi connectivity index (χ3v) is 5.93. The molecule has 2 aromatic carbocycles. The second kappa shape index (κ2) is 6.20. The Labute approximate surface area is 145 Å². The van der Waals surface area contributed by atoms with E-state index in [1.165, 1.54) is 11.3 Å². The lowest BCUT2D eigenvalue weighted by molar-refractivity contribution is 1.09. The van der Waals surface area contributed by atoms with E-state index in [0.29, 0.717) is 5.13 Å². The second-order valence-electron chi connectivity index (χ2n) is 4.80. The first-order valence-electron chi connectivity index (χ1n) is 6.91. The minimum atomic E-state index is 0.623. The van der Waals surface area contributed by atoms with Crippen LogP contribution in [0.15, 0.2) is 59.6 Å². The van der Waals surface area contributed by atoms with Crippen LogP contribution in [0.2, 0.25) is 5.02 Å². The van der Waals surface area contributed by atoms with E-state index in [-0.39, 0.29) is 0 Å². The molecule has 3 nitrogen and oxygen atoms in total. The van der Waals surface area contributed by atoms with E-state index in [1.807, 2.05) is 48.5 Å². The van der Waals surface area contributed by atoms with Crippen LogP contribution < -0.4 is 0 Å². The van der Waals surface area contributed by atoms with Gasteiger partial charge in [-0.2, -0.15) is 0 Å². The van der Waals surface area contributed by atoms with Crippen molar-refractivity contribution in [2.45, 2.75) is 0 Å². The van der Waals surface area contributed by atoms with Gasteiger partial charge in [0, 0.05) is 16.3 Å². The molecule has 4 rings (SSSR count). The number of aliphatic imine (C=N–C) groups is 1. The Hall–Kier alpha value is -2.08. The summed E-state index contributed by atoms with van der Waals surface area (Å²) in [6.45, 7) is 0. The number of aromatic nitrogens is 2. The molecule has 0 unspecified atom stereocenters. The van der Waals surface area contributed by atoms with Crippen LogP contribution in [0, 0.1) is 0 Å². The Kier molecular flexibility index (Phi) is 3.91. The first-order chi connectivity index (χ1) is 11.3. The van der Waals surface area contributed by atoms with E-state index < -0.39 is 0 Å². The zero-order valence-electron chi connectivity index (χ0n) is 11.8. The van der Waals surface area contributed by atoms with Gasteiger partial charge in [0.15, 0.2) is 5.01 Å². The molecular weight excluding hydrogens is 346 g/mol.